The lowest BCUT2D eigenvalue weighted by atomic mass is 9.94. The number of hydrogen-bond acceptors (Lipinski definition) is 9. The minimum Gasteiger partial charge on any atom is -0.493 e. The van der Waals surface area contributed by atoms with Crippen LogP contribution in [0.3, 0.4) is 0 Å². The van der Waals surface area contributed by atoms with Crippen LogP contribution in [0.4, 0.5) is 17.3 Å². The zero-order valence-electron chi connectivity index (χ0n) is 15.0. The number of hydrogen-bond donors (Lipinski definition) is 4. The summed E-state index contributed by atoms with van der Waals surface area (Å²) in [5, 5.41) is 23.8. The van der Waals surface area contributed by atoms with E-state index < -0.39 is 6.04 Å². The van der Waals surface area contributed by atoms with Crippen LogP contribution in [0, 0.1) is 22.8 Å². The molecule has 2 aromatic rings. The number of aliphatic imine (C=N–C) groups is 1. The van der Waals surface area contributed by atoms with Crippen LogP contribution >= 0.6 is 15.9 Å². The molecule has 0 bridgehead atoms. The highest BCUT2D eigenvalue weighted by Gasteiger charge is 2.31. The highest BCUT2D eigenvalue weighted by molar-refractivity contribution is 9.10. The second-order valence-electron chi connectivity index (χ2n) is 5.93. The van der Waals surface area contributed by atoms with Crippen molar-refractivity contribution in [2.24, 2.45) is 4.99 Å². The van der Waals surface area contributed by atoms with Gasteiger partial charge in [0.05, 0.1) is 12.3 Å². The van der Waals surface area contributed by atoms with Gasteiger partial charge in [-0.1, -0.05) is 22.9 Å². The molecule has 1 aliphatic heterocycles. The number of nitriles is 2. The summed E-state index contributed by atoms with van der Waals surface area (Å²) in [5.41, 5.74) is 13.6. The van der Waals surface area contributed by atoms with Gasteiger partial charge in [-0.3, -0.25) is 5.32 Å². The summed E-state index contributed by atoms with van der Waals surface area (Å²) in [6, 6.07) is 6.88. The maximum atomic E-state index is 9.41. The molecule has 0 aliphatic carbocycles. The molecular weight excluding hydrogens is 424 g/mol. The summed E-state index contributed by atoms with van der Waals surface area (Å²) >= 11 is 3.47. The fourth-order valence-electron chi connectivity index (χ4n) is 2.88. The average Bonchev–Trinajstić information content (AvgIpc) is 2.66. The van der Waals surface area contributed by atoms with Crippen molar-refractivity contribution in [1.29, 1.82) is 10.5 Å². The molecule has 2 heterocycles. The molecule has 6 N–H and O–H groups in total. The monoisotopic (exact) mass is 440 g/mol. The molecule has 28 heavy (non-hydrogen) atoms. The number of pyridine rings is 1. The van der Waals surface area contributed by atoms with E-state index in [1.807, 2.05) is 37.4 Å². The van der Waals surface area contributed by atoms with Gasteiger partial charge < -0.3 is 21.5 Å². The number of halogens is 1. The Morgan fingerprint density at radius 3 is 2.82 bits per heavy atom. The molecule has 0 saturated heterocycles. The summed E-state index contributed by atoms with van der Waals surface area (Å²) in [5.74, 6) is 1.14. The molecular formula is C18H17BrN8O. The normalized spacial score (nSPS) is 14.7. The SMILES string of the molecule is CCCOc1ccc(Br)cc1C1N=C(NC#N)Nc2nc(N)c(C#N)c(N)c21. The van der Waals surface area contributed by atoms with Gasteiger partial charge in [-0.2, -0.15) is 10.5 Å². The van der Waals surface area contributed by atoms with E-state index in [9.17, 15) is 5.26 Å². The minimum atomic E-state index is -0.656. The number of nitrogens with two attached hydrogens (primary N) is 2. The van der Waals surface area contributed by atoms with E-state index in [1.54, 1.807) is 0 Å². The Morgan fingerprint density at radius 1 is 1.36 bits per heavy atom. The third-order valence-corrected chi connectivity index (χ3v) is 4.58. The molecule has 142 valence electrons. The number of ether oxygens (including phenoxy) is 1. The van der Waals surface area contributed by atoms with Gasteiger partial charge in [0, 0.05) is 15.6 Å². The van der Waals surface area contributed by atoms with Gasteiger partial charge in [0.1, 0.15) is 35.1 Å². The quantitative estimate of drug-likeness (QED) is 0.416. The third kappa shape index (κ3) is 3.50. The highest BCUT2D eigenvalue weighted by Crippen LogP contribution is 2.43. The number of guanidine groups is 1. The molecule has 0 spiro atoms. The smallest absolute Gasteiger partial charge is 0.211 e. The van der Waals surface area contributed by atoms with E-state index >= 15 is 0 Å². The van der Waals surface area contributed by atoms with E-state index in [0.717, 1.165) is 10.9 Å². The number of nitrogen functional groups attached to an aromatic ring is 2. The second kappa shape index (κ2) is 8.03. The Kier molecular flexibility index (Phi) is 5.52. The zero-order chi connectivity index (χ0) is 20.3. The summed E-state index contributed by atoms with van der Waals surface area (Å²) in [7, 11) is 0. The molecule has 1 atom stereocenters. The lowest BCUT2D eigenvalue weighted by molar-refractivity contribution is 0.313. The Morgan fingerprint density at radius 2 is 2.14 bits per heavy atom. The lowest BCUT2D eigenvalue weighted by Crippen LogP contribution is -2.33. The number of fused-ring (bicyclic) bond motifs is 1. The first-order valence-electron chi connectivity index (χ1n) is 8.41. The highest BCUT2D eigenvalue weighted by atomic mass is 79.9. The van der Waals surface area contributed by atoms with Crippen molar-refractivity contribution in [1.82, 2.24) is 10.3 Å². The molecule has 0 amide bonds. The van der Waals surface area contributed by atoms with Crippen molar-refractivity contribution in [3.63, 3.8) is 0 Å². The Balaban J connectivity index is 2.25. The molecule has 1 aromatic heterocycles. The molecule has 3 rings (SSSR count). The van der Waals surface area contributed by atoms with E-state index in [0.29, 0.717) is 29.3 Å². The molecule has 1 aliphatic rings. The fourth-order valence-corrected chi connectivity index (χ4v) is 3.26. The number of nitrogens with one attached hydrogen (secondary N) is 2. The fraction of sp³-hybridized carbons (Fsp3) is 0.222. The number of benzene rings is 1. The van der Waals surface area contributed by atoms with Crippen molar-refractivity contribution >= 4 is 39.2 Å². The Labute approximate surface area is 170 Å². The lowest BCUT2D eigenvalue weighted by Gasteiger charge is -2.27. The van der Waals surface area contributed by atoms with Gasteiger partial charge in [-0.15, -0.1) is 0 Å². The first kappa shape index (κ1) is 19.3. The van der Waals surface area contributed by atoms with Gasteiger partial charge >= 0.3 is 0 Å². The minimum absolute atomic E-state index is 0.0000867. The number of aromatic nitrogens is 1. The molecule has 9 nitrogen and oxygen atoms in total. The van der Waals surface area contributed by atoms with Crippen LogP contribution < -0.4 is 26.8 Å². The number of nitrogens with zero attached hydrogens (tertiary/aromatic N) is 4. The van der Waals surface area contributed by atoms with Crippen LogP contribution in [0.15, 0.2) is 27.7 Å². The van der Waals surface area contributed by atoms with Crippen molar-refractivity contribution in [3.05, 3.63) is 39.4 Å². The summed E-state index contributed by atoms with van der Waals surface area (Å²) in [6.45, 7) is 2.54. The largest absolute Gasteiger partial charge is 0.493 e. The molecule has 1 aromatic carbocycles. The molecule has 10 heteroatoms. The molecule has 0 fully saturated rings. The van der Waals surface area contributed by atoms with E-state index in [2.05, 4.69) is 36.5 Å². The van der Waals surface area contributed by atoms with Crippen LogP contribution in [0.5, 0.6) is 5.75 Å². The summed E-state index contributed by atoms with van der Waals surface area (Å²) in [6.07, 6.45) is 2.66. The van der Waals surface area contributed by atoms with E-state index in [-0.39, 0.29) is 23.0 Å². The average molecular weight is 441 g/mol. The molecule has 1 unspecified atom stereocenters. The number of anilines is 3. The van der Waals surface area contributed by atoms with E-state index in [4.69, 9.17) is 21.5 Å². The first-order valence-corrected chi connectivity index (χ1v) is 9.20. The van der Waals surface area contributed by atoms with Crippen LogP contribution in [0.2, 0.25) is 0 Å². The van der Waals surface area contributed by atoms with Gasteiger partial charge in [-0.25, -0.2) is 9.98 Å². The van der Waals surface area contributed by atoms with Gasteiger partial charge in [0.15, 0.2) is 6.19 Å². The Bertz CT molecular complexity index is 1040. The van der Waals surface area contributed by atoms with Crippen LogP contribution in [-0.4, -0.2) is 17.6 Å². The third-order valence-electron chi connectivity index (χ3n) is 4.09. The second-order valence-corrected chi connectivity index (χ2v) is 6.85. The maximum absolute atomic E-state index is 9.41. The first-order chi connectivity index (χ1) is 13.5. The van der Waals surface area contributed by atoms with Crippen molar-refractivity contribution in [2.45, 2.75) is 19.4 Å². The zero-order valence-corrected chi connectivity index (χ0v) is 16.5. The summed E-state index contributed by atoms with van der Waals surface area (Å²) in [4.78, 5) is 8.81. The molecule has 0 radical (unpaired) electrons. The summed E-state index contributed by atoms with van der Waals surface area (Å²) < 4.78 is 6.70. The van der Waals surface area contributed by atoms with Gasteiger partial charge in [0.2, 0.25) is 5.96 Å². The van der Waals surface area contributed by atoms with Crippen LogP contribution in [0.1, 0.15) is 36.1 Å². The van der Waals surface area contributed by atoms with Crippen molar-refractivity contribution in [2.75, 3.05) is 23.4 Å². The predicted molar refractivity (Wildman–Crippen MR) is 109 cm³/mol. The topological polar surface area (TPSA) is 158 Å². The van der Waals surface area contributed by atoms with Gasteiger partial charge in [-0.05, 0) is 24.6 Å². The van der Waals surface area contributed by atoms with Crippen LogP contribution in [-0.2, 0) is 0 Å². The van der Waals surface area contributed by atoms with Crippen LogP contribution in [0.25, 0.3) is 0 Å². The predicted octanol–water partition coefficient (Wildman–Crippen LogP) is 2.61. The van der Waals surface area contributed by atoms with Crippen molar-refractivity contribution < 1.29 is 4.74 Å². The molecule has 0 saturated carbocycles. The maximum Gasteiger partial charge on any atom is 0.211 e. The number of rotatable bonds is 4. The standard InChI is InChI=1S/C18H17BrN8O/c1-2-5-28-12-4-3-9(19)6-10(12)15-13-14(22)11(7-20)16(23)26-17(13)27-18(25-15)24-8-21/h3-4,6,15H,2,5H2,1H3,(H6,22,23,24,25,26,27). The van der Waals surface area contributed by atoms with E-state index in [1.165, 1.54) is 0 Å². The van der Waals surface area contributed by atoms with Gasteiger partial charge in [0.25, 0.3) is 0 Å². The Hall–Kier alpha value is -3.50. The van der Waals surface area contributed by atoms with Crippen molar-refractivity contribution in [3.8, 4) is 18.0 Å².